The molecule has 4 atom stereocenters. The Balaban J connectivity index is 4.02. The number of ether oxygens (including phenoxy) is 2. The van der Waals surface area contributed by atoms with Gasteiger partial charge >= 0.3 is 12.4 Å². The van der Waals surface area contributed by atoms with Crippen LogP contribution in [0, 0.1) is 0 Å². The van der Waals surface area contributed by atoms with Gasteiger partial charge < -0.3 is 19.7 Å². The first-order chi connectivity index (χ1) is 12.8. The first-order valence-corrected chi connectivity index (χ1v) is 8.91. The molecule has 0 bridgehead atoms. The van der Waals surface area contributed by atoms with Crippen molar-refractivity contribution in [1.29, 1.82) is 0 Å². The topological polar surface area (TPSA) is 76.0 Å². The molecule has 168 valence electrons. The van der Waals surface area contributed by atoms with Crippen molar-refractivity contribution in [1.82, 2.24) is 0 Å². The molecule has 0 aromatic rings. The van der Waals surface area contributed by atoms with E-state index in [1.165, 1.54) is 0 Å². The van der Waals surface area contributed by atoms with Gasteiger partial charge in [0.25, 0.3) is 0 Å². The monoisotopic (exact) mass is 426 g/mol. The number of halogens is 6. The zero-order chi connectivity index (χ0) is 22.0. The lowest BCUT2D eigenvalue weighted by Crippen LogP contribution is -2.40. The molecule has 0 saturated heterocycles. The van der Waals surface area contributed by atoms with E-state index in [-0.39, 0.29) is 44.3 Å². The van der Waals surface area contributed by atoms with Crippen molar-refractivity contribution in [2.75, 3.05) is 14.2 Å². The van der Waals surface area contributed by atoms with Gasteiger partial charge in [-0.15, -0.1) is 0 Å². The van der Waals surface area contributed by atoms with E-state index in [1.807, 2.05) is 0 Å². The molecule has 5 nitrogen and oxygen atoms in total. The number of hydrogen-bond acceptors (Lipinski definition) is 5. The van der Waals surface area contributed by atoms with Gasteiger partial charge in [0.15, 0.2) is 12.2 Å². The second-order valence-corrected chi connectivity index (χ2v) is 6.55. The van der Waals surface area contributed by atoms with Crippen LogP contribution in [0.1, 0.15) is 51.4 Å². The second-order valence-electron chi connectivity index (χ2n) is 6.55. The SMILES string of the molecule is CO[C@@H](CCCCC(=O)CCCC[C@H](OC)C(O)C(F)(F)F)C(O)C(F)(F)F. The third-order valence-corrected chi connectivity index (χ3v) is 4.37. The fourth-order valence-corrected chi connectivity index (χ4v) is 2.69. The van der Waals surface area contributed by atoms with Crippen molar-refractivity contribution >= 4 is 5.78 Å². The Hall–Kier alpha value is -0.910. The number of hydrogen-bond donors (Lipinski definition) is 2. The van der Waals surface area contributed by atoms with E-state index in [9.17, 15) is 31.1 Å². The van der Waals surface area contributed by atoms with Crippen molar-refractivity contribution in [3.05, 3.63) is 0 Å². The number of Topliss-reactive ketones (excluding diaryl/α,β-unsaturated/α-hetero) is 1. The van der Waals surface area contributed by atoms with Crippen LogP contribution < -0.4 is 0 Å². The molecule has 0 radical (unpaired) electrons. The third kappa shape index (κ3) is 10.6. The summed E-state index contributed by atoms with van der Waals surface area (Å²) in [6.07, 6.45) is -16.3. The van der Waals surface area contributed by atoms with E-state index in [1.54, 1.807) is 0 Å². The molecule has 11 heteroatoms. The fraction of sp³-hybridized carbons (Fsp3) is 0.941. The lowest BCUT2D eigenvalue weighted by molar-refractivity contribution is -0.234. The second kappa shape index (κ2) is 12.6. The van der Waals surface area contributed by atoms with Crippen LogP contribution in [0.15, 0.2) is 0 Å². The predicted octanol–water partition coefficient (Wildman–Crippen LogP) is 3.55. The number of ketones is 1. The summed E-state index contributed by atoms with van der Waals surface area (Å²) in [6.45, 7) is 0. The van der Waals surface area contributed by atoms with Crippen LogP contribution >= 0.6 is 0 Å². The normalized spacial score (nSPS) is 17.2. The summed E-state index contributed by atoms with van der Waals surface area (Å²) in [5, 5.41) is 18.3. The van der Waals surface area contributed by atoms with Crippen molar-refractivity contribution < 1.29 is 50.8 Å². The van der Waals surface area contributed by atoms with Crippen LogP contribution in [0.2, 0.25) is 0 Å². The lowest BCUT2D eigenvalue weighted by atomic mass is 10.0. The largest absolute Gasteiger partial charge is 0.416 e. The van der Waals surface area contributed by atoms with Crippen LogP contribution in [-0.2, 0) is 14.3 Å². The molecule has 0 aromatic heterocycles. The van der Waals surface area contributed by atoms with Crippen LogP contribution in [0.4, 0.5) is 26.3 Å². The first kappa shape index (κ1) is 27.1. The average Bonchev–Trinajstić information content (AvgIpc) is 2.59. The van der Waals surface area contributed by atoms with Crippen LogP contribution in [0.25, 0.3) is 0 Å². The highest BCUT2D eigenvalue weighted by molar-refractivity contribution is 5.78. The number of rotatable bonds is 14. The fourth-order valence-electron chi connectivity index (χ4n) is 2.69. The Morgan fingerprint density at radius 3 is 1.32 bits per heavy atom. The minimum Gasteiger partial charge on any atom is -0.381 e. The van der Waals surface area contributed by atoms with E-state index in [4.69, 9.17) is 10.2 Å². The Labute approximate surface area is 160 Å². The summed E-state index contributed by atoms with van der Waals surface area (Å²) in [4.78, 5) is 11.7. The zero-order valence-electron chi connectivity index (χ0n) is 15.9. The van der Waals surface area contributed by atoms with Crippen LogP contribution in [0.3, 0.4) is 0 Å². The maximum Gasteiger partial charge on any atom is 0.416 e. The van der Waals surface area contributed by atoms with Crippen molar-refractivity contribution in [2.45, 2.75) is 88.1 Å². The highest BCUT2D eigenvalue weighted by Gasteiger charge is 2.44. The number of carbonyl (C=O) groups is 1. The number of aliphatic hydroxyl groups excluding tert-OH is 2. The van der Waals surface area contributed by atoms with E-state index >= 15 is 0 Å². The molecule has 0 amide bonds. The van der Waals surface area contributed by atoms with Crippen LogP contribution in [0.5, 0.6) is 0 Å². The van der Waals surface area contributed by atoms with Gasteiger partial charge in [-0.05, 0) is 25.7 Å². The number of carbonyl (C=O) groups excluding carboxylic acids is 1. The molecule has 0 saturated carbocycles. The molecule has 0 aliphatic carbocycles. The molecular weight excluding hydrogens is 398 g/mol. The number of alkyl halides is 6. The Kier molecular flexibility index (Phi) is 12.2. The molecule has 0 aliphatic heterocycles. The lowest BCUT2D eigenvalue weighted by Gasteiger charge is -2.23. The van der Waals surface area contributed by atoms with Gasteiger partial charge in [-0.2, -0.15) is 26.3 Å². The van der Waals surface area contributed by atoms with E-state index in [0.717, 1.165) is 14.2 Å². The summed E-state index contributed by atoms with van der Waals surface area (Å²) in [6, 6.07) is 0. The zero-order valence-corrected chi connectivity index (χ0v) is 15.9. The molecule has 0 rings (SSSR count). The number of methoxy groups -OCH3 is 2. The predicted molar refractivity (Wildman–Crippen MR) is 87.7 cm³/mol. The van der Waals surface area contributed by atoms with Gasteiger partial charge in [0.05, 0.1) is 12.2 Å². The quantitative estimate of drug-likeness (QED) is 0.328. The maximum absolute atomic E-state index is 12.4. The van der Waals surface area contributed by atoms with E-state index in [0.29, 0.717) is 12.8 Å². The van der Waals surface area contributed by atoms with Gasteiger partial charge in [0.1, 0.15) is 5.78 Å². The molecule has 0 fully saturated rings. The third-order valence-electron chi connectivity index (χ3n) is 4.37. The van der Waals surface area contributed by atoms with Crippen LogP contribution in [-0.4, -0.2) is 67.0 Å². The summed E-state index contributed by atoms with van der Waals surface area (Å²) in [7, 11) is 2.13. The maximum atomic E-state index is 12.4. The Morgan fingerprint density at radius 1 is 0.750 bits per heavy atom. The van der Waals surface area contributed by atoms with Crippen molar-refractivity contribution in [3.63, 3.8) is 0 Å². The summed E-state index contributed by atoms with van der Waals surface area (Å²) in [5.74, 6) is -0.157. The van der Waals surface area contributed by atoms with Gasteiger partial charge in [0.2, 0.25) is 0 Å². The molecular formula is C17H28F6O5. The van der Waals surface area contributed by atoms with Gasteiger partial charge in [-0.3, -0.25) is 4.79 Å². The number of unbranched alkanes of at least 4 members (excludes halogenated alkanes) is 2. The summed E-state index contributed by atoms with van der Waals surface area (Å²) < 4.78 is 83.8. The summed E-state index contributed by atoms with van der Waals surface area (Å²) in [5.41, 5.74) is 0. The van der Waals surface area contributed by atoms with Gasteiger partial charge in [-0.1, -0.05) is 12.8 Å². The van der Waals surface area contributed by atoms with E-state index < -0.39 is 36.8 Å². The van der Waals surface area contributed by atoms with Gasteiger partial charge in [0, 0.05) is 27.1 Å². The Morgan fingerprint density at radius 2 is 1.07 bits per heavy atom. The molecule has 0 aliphatic rings. The highest BCUT2D eigenvalue weighted by Crippen LogP contribution is 2.27. The average molecular weight is 426 g/mol. The molecule has 0 aromatic carbocycles. The Bertz CT molecular complexity index is 403. The smallest absolute Gasteiger partial charge is 0.381 e. The van der Waals surface area contributed by atoms with Crippen molar-refractivity contribution in [2.24, 2.45) is 0 Å². The molecule has 0 heterocycles. The minimum absolute atomic E-state index is 0.0602. The molecule has 0 spiro atoms. The summed E-state index contributed by atoms with van der Waals surface area (Å²) >= 11 is 0. The molecule has 2 N–H and O–H groups in total. The highest BCUT2D eigenvalue weighted by atomic mass is 19.4. The molecule has 2 unspecified atom stereocenters. The van der Waals surface area contributed by atoms with Crippen molar-refractivity contribution in [3.8, 4) is 0 Å². The standard InChI is InChI=1S/C17H28F6O5/c1-27-12(14(25)16(18,19)20)9-5-3-7-11(24)8-4-6-10-13(28-2)15(26)17(21,22)23/h12-15,25-26H,3-10H2,1-2H3/t12-,13-,14?,15?/m0/s1. The first-order valence-electron chi connectivity index (χ1n) is 8.91. The van der Waals surface area contributed by atoms with Gasteiger partial charge in [-0.25, -0.2) is 0 Å². The van der Waals surface area contributed by atoms with E-state index in [2.05, 4.69) is 9.47 Å². The number of aliphatic hydroxyl groups is 2. The molecule has 28 heavy (non-hydrogen) atoms. The minimum atomic E-state index is -4.78.